The summed E-state index contributed by atoms with van der Waals surface area (Å²) in [4.78, 5) is 0. The van der Waals surface area contributed by atoms with Crippen molar-refractivity contribution in [3.8, 4) is 0 Å². The normalized spacial score (nSPS) is 38.1. The second-order valence-electron chi connectivity index (χ2n) is 6.14. The summed E-state index contributed by atoms with van der Waals surface area (Å²) in [6.45, 7) is 12.6. The number of rotatable bonds is 1. The fourth-order valence-electron chi connectivity index (χ4n) is 3.56. The minimum Gasteiger partial charge on any atom is -0.393 e. The van der Waals surface area contributed by atoms with Crippen molar-refractivity contribution in [2.75, 3.05) is 0 Å². The first-order chi connectivity index (χ1) is 7.93. The summed E-state index contributed by atoms with van der Waals surface area (Å²) < 4.78 is 0. The van der Waals surface area contributed by atoms with Gasteiger partial charge < -0.3 is 5.11 Å². The second-order valence-corrected chi connectivity index (χ2v) is 6.14. The lowest BCUT2D eigenvalue weighted by Crippen LogP contribution is -2.37. The summed E-state index contributed by atoms with van der Waals surface area (Å²) in [5, 5.41) is 10.0. The standard InChI is InChI=1S/C16H24O/c1-11(2)14-6-5-13(4)16(9-14)8-12(3)7-15(17)10-16/h5,14-15,17H,1,3,6-10H2,2,4H3/t14-,15?,16+/m1/s1. The Bertz CT molecular complexity index is 377. The third-order valence-corrected chi connectivity index (χ3v) is 4.62. The molecule has 17 heavy (non-hydrogen) atoms. The van der Waals surface area contributed by atoms with E-state index in [1.54, 1.807) is 0 Å². The van der Waals surface area contributed by atoms with E-state index in [4.69, 9.17) is 0 Å². The van der Waals surface area contributed by atoms with Crippen LogP contribution in [-0.4, -0.2) is 11.2 Å². The van der Waals surface area contributed by atoms with Gasteiger partial charge in [-0.05, 0) is 57.3 Å². The van der Waals surface area contributed by atoms with Crippen molar-refractivity contribution in [2.45, 2.75) is 52.1 Å². The van der Waals surface area contributed by atoms with E-state index in [0.29, 0.717) is 5.92 Å². The Labute approximate surface area is 105 Å². The Balaban J connectivity index is 2.28. The van der Waals surface area contributed by atoms with Crippen molar-refractivity contribution in [1.82, 2.24) is 0 Å². The van der Waals surface area contributed by atoms with Gasteiger partial charge in [-0.3, -0.25) is 0 Å². The van der Waals surface area contributed by atoms with Gasteiger partial charge in [-0.25, -0.2) is 0 Å². The summed E-state index contributed by atoms with van der Waals surface area (Å²) >= 11 is 0. The zero-order chi connectivity index (χ0) is 12.6. The number of hydrogen-bond acceptors (Lipinski definition) is 1. The summed E-state index contributed by atoms with van der Waals surface area (Å²) in [6, 6.07) is 0. The molecule has 0 aromatic rings. The number of allylic oxidation sites excluding steroid dienone is 3. The highest BCUT2D eigenvalue weighted by Crippen LogP contribution is 2.52. The molecule has 1 saturated carbocycles. The molecule has 1 fully saturated rings. The van der Waals surface area contributed by atoms with Crippen LogP contribution in [0, 0.1) is 11.3 Å². The second kappa shape index (κ2) is 4.45. The van der Waals surface area contributed by atoms with Gasteiger partial charge in [-0.15, -0.1) is 0 Å². The average Bonchev–Trinajstić information content (AvgIpc) is 2.20. The fourth-order valence-corrected chi connectivity index (χ4v) is 3.56. The highest BCUT2D eigenvalue weighted by atomic mass is 16.3. The van der Waals surface area contributed by atoms with Crippen LogP contribution in [0.5, 0.6) is 0 Å². The van der Waals surface area contributed by atoms with E-state index < -0.39 is 0 Å². The predicted octanol–water partition coefficient (Wildman–Crippen LogP) is 4.01. The third-order valence-electron chi connectivity index (χ3n) is 4.62. The average molecular weight is 232 g/mol. The molecular formula is C16H24O. The first-order valence-corrected chi connectivity index (χ1v) is 6.60. The maximum atomic E-state index is 10.0. The van der Waals surface area contributed by atoms with E-state index in [9.17, 15) is 5.11 Å². The lowest BCUT2D eigenvalue weighted by Gasteiger charge is -2.46. The van der Waals surface area contributed by atoms with Crippen LogP contribution in [0.1, 0.15) is 46.0 Å². The van der Waals surface area contributed by atoms with Gasteiger partial charge in [0.1, 0.15) is 0 Å². The maximum Gasteiger partial charge on any atom is 0.0585 e. The van der Waals surface area contributed by atoms with Crippen molar-refractivity contribution in [1.29, 1.82) is 0 Å². The molecule has 0 bridgehead atoms. The minimum atomic E-state index is -0.205. The maximum absolute atomic E-state index is 10.0. The molecule has 1 N–H and O–H groups in total. The van der Waals surface area contributed by atoms with Crippen molar-refractivity contribution in [2.24, 2.45) is 11.3 Å². The molecule has 1 unspecified atom stereocenters. The van der Waals surface area contributed by atoms with Gasteiger partial charge in [-0.2, -0.15) is 0 Å². The molecule has 0 aromatic carbocycles. The van der Waals surface area contributed by atoms with Crippen molar-refractivity contribution in [3.63, 3.8) is 0 Å². The first kappa shape index (κ1) is 12.6. The fraction of sp³-hybridized carbons (Fsp3) is 0.625. The van der Waals surface area contributed by atoms with Crippen LogP contribution in [0.2, 0.25) is 0 Å². The smallest absolute Gasteiger partial charge is 0.0585 e. The predicted molar refractivity (Wildman–Crippen MR) is 72.7 cm³/mol. The van der Waals surface area contributed by atoms with Crippen molar-refractivity contribution in [3.05, 3.63) is 36.0 Å². The van der Waals surface area contributed by atoms with Gasteiger partial charge in [0.25, 0.3) is 0 Å². The molecule has 0 aliphatic heterocycles. The van der Waals surface area contributed by atoms with Crippen LogP contribution in [0.15, 0.2) is 36.0 Å². The van der Waals surface area contributed by atoms with Gasteiger partial charge in [0.2, 0.25) is 0 Å². The summed E-state index contributed by atoms with van der Waals surface area (Å²) in [5.41, 5.74) is 4.10. The Hall–Kier alpha value is -0.820. The number of hydrogen-bond donors (Lipinski definition) is 1. The molecule has 1 spiro atoms. The highest BCUT2D eigenvalue weighted by Gasteiger charge is 2.42. The third kappa shape index (κ3) is 2.40. The zero-order valence-corrected chi connectivity index (χ0v) is 11.1. The van der Waals surface area contributed by atoms with Crippen LogP contribution in [0.25, 0.3) is 0 Å². The largest absolute Gasteiger partial charge is 0.393 e. The van der Waals surface area contributed by atoms with Crippen LogP contribution in [0.4, 0.5) is 0 Å². The zero-order valence-electron chi connectivity index (χ0n) is 11.1. The van der Waals surface area contributed by atoms with E-state index in [1.807, 2.05) is 0 Å². The van der Waals surface area contributed by atoms with Crippen LogP contribution >= 0.6 is 0 Å². The molecular weight excluding hydrogens is 208 g/mol. The van der Waals surface area contributed by atoms with Gasteiger partial charge in [0.15, 0.2) is 0 Å². The molecule has 94 valence electrons. The molecule has 0 saturated heterocycles. The van der Waals surface area contributed by atoms with E-state index in [-0.39, 0.29) is 11.5 Å². The SMILES string of the molecule is C=C1CC(O)C[C@]2(C1)C[C@H](C(=C)C)CC=C2C. The Morgan fingerprint density at radius 1 is 1.47 bits per heavy atom. The summed E-state index contributed by atoms with van der Waals surface area (Å²) in [7, 11) is 0. The van der Waals surface area contributed by atoms with Gasteiger partial charge in [0, 0.05) is 0 Å². The molecule has 2 rings (SSSR count). The molecule has 0 heterocycles. The Morgan fingerprint density at radius 2 is 2.18 bits per heavy atom. The van der Waals surface area contributed by atoms with Crippen molar-refractivity contribution < 1.29 is 5.11 Å². The van der Waals surface area contributed by atoms with E-state index in [1.165, 1.54) is 16.7 Å². The summed E-state index contributed by atoms with van der Waals surface area (Å²) in [5.74, 6) is 0.580. The van der Waals surface area contributed by atoms with Crippen LogP contribution in [-0.2, 0) is 0 Å². The Morgan fingerprint density at radius 3 is 2.76 bits per heavy atom. The molecule has 1 heteroatoms. The van der Waals surface area contributed by atoms with E-state index in [0.717, 1.165) is 32.1 Å². The molecule has 2 aliphatic rings. The number of aliphatic hydroxyl groups excluding tert-OH is 1. The quantitative estimate of drug-likeness (QED) is 0.677. The number of aliphatic hydroxyl groups is 1. The van der Waals surface area contributed by atoms with E-state index in [2.05, 4.69) is 33.1 Å². The molecule has 0 aromatic heterocycles. The Kier molecular flexibility index (Phi) is 3.31. The minimum absolute atomic E-state index is 0.163. The first-order valence-electron chi connectivity index (χ1n) is 6.60. The molecule has 0 amide bonds. The van der Waals surface area contributed by atoms with Gasteiger partial charge >= 0.3 is 0 Å². The van der Waals surface area contributed by atoms with Crippen molar-refractivity contribution >= 4 is 0 Å². The summed E-state index contributed by atoms with van der Waals surface area (Å²) in [6.07, 6.45) is 7.14. The highest BCUT2D eigenvalue weighted by molar-refractivity contribution is 5.25. The molecule has 2 aliphatic carbocycles. The van der Waals surface area contributed by atoms with Crippen LogP contribution in [0.3, 0.4) is 0 Å². The monoisotopic (exact) mass is 232 g/mol. The molecule has 1 nitrogen and oxygen atoms in total. The molecule has 0 radical (unpaired) electrons. The van der Waals surface area contributed by atoms with Crippen LogP contribution < -0.4 is 0 Å². The molecule has 3 atom stereocenters. The van der Waals surface area contributed by atoms with Gasteiger partial charge in [-0.1, -0.05) is 36.0 Å². The van der Waals surface area contributed by atoms with Gasteiger partial charge in [0.05, 0.1) is 6.10 Å². The lowest BCUT2D eigenvalue weighted by molar-refractivity contribution is 0.0747. The van der Waals surface area contributed by atoms with E-state index >= 15 is 0 Å². The lowest BCUT2D eigenvalue weighted by atomic mass is 9.59. The topological polar surface area (TPSA) is 20.2 Å².